The van der Waals surface area contributed by atoms with E-state index in [0.29, 0.717) is 12.1 Å². The molecule has 74 valence electrons. The van der Waals surface area contributed by atoms with E-state index in [9.17, 15) is 9.59 Å². The van der Waals surface area contributed by atoms with E-state index in [4.69, 9.17) is 5.73 Å². The summed E-state index contributed by atoms with van der Waals surface area (Å²) in [5.41, 5.74) is 5.21. The summed E-state index contributed by atoms with van der Waals surface area (Å²) in [6, 6.07) is 5.12. The lowest BCUT2D eigenvalue weighted by molar-refractivity contribution is -0.118. The first-order valence-corrected chi connectivity index (χ1v) is 4.14. The second-order valence-corrected chi connectivity index (χ2v) is 2.56. The summed E-state index contributed by atoms with van der Waals surface area (Å²) in [5.74, 6) is 0.117. The van der Waals surface area contributed by atoms with Crippen molar-refractivity contribution in [2.45, 2.75) is 0 Å². The molecule has 1 heterocycles. The number of amides is 1. The van der Waals surface area contributed by atoms with E-state index in [0.717, 1.165) is 0 Å². The first kappa shape index (κ1) is 10.3. The largest absolute Gasteiger partial charge is 0.322 e. The van der Waals surface area contributed by atoms with E-state index in [1.165, 1.54) is 4.90 Å². The van der Waals surface area contributed by atoms with Crippen LogP contribution in [0.3, 0.4) is 0 Å². The normalized spacial score (nSPS) is 9.50. The zero-order valence-electron chi connectivity index (χ0n) is 7.59. The van der Waals surface area contributed by atoms with Crippen molar-refractivity contribution in [3.63, 3.8) is 0 Å². The number of hydrogen-bond donors (Lipinski definition) is 1. The van der Waals surface area contributed by atoms with Crippen LogP contribution in [-0.4, -0.2) is 30.3 Å². The fraction of sp³-hybridized carbons (Fsp3) is 0.222. The number of rotatable bonds is 4. The number of aromatic nitrogens is 1. The van der Waals surface area contributed by atoms with Gasteiger partial charge in [-0.15, -0.1) is 0 Å². The molecule has 0 aliphatic heterocycles. The Balaban J connectivity index is 2.88. The summed E-state index contributed by atoms with van der Waals surface area (Å²) in [5, 5.41) is 0. The molecule has 0 aliphatic rings. The van der Waals surface area contributed by atoms with Crippen LogP contribution in [-0.2, 0) is 9.59 Å². The number of hydrogen-bond acceptors (Lipinski definition) is 4. The quantitative estimate of drug-likeness (QED) is 0.658. The van der Waals surface area contributed by atoms with Crippen molar-refractivity contribution < 1.29 is 9.59 Å². The van der Waals surface area contributed by atoms with Gasteiger partial charge in [0.15, 0.2) is 0 Å². The second kappa shape index (κ2) is 5.08. The molecule has 1 aromatic heterocycles. The number of nitrogens with zero attached hydrogens (tertiary/aromatic N) is 2. The van der Waals surface area contributed by atoms with Gasteiger partial charge in [-0.25, -0.2) is 4.98 Å². The van der Waals surface area contributed by atoms with Crippen LogP contribution in [0.1, 0.15) is 0 Å². The highest BCUT2D eigenvalue weighted by Gasteiger charge is 2.13. The fourth-order valence-electron chi connectivity index (χ4n) is 1.02. The van der Waals surface area contributed by atoms with Crippen molar-refractivity contribution in [3.05, 3.63) is 24.4 Å². The summed E-state index contributed by atoms with van der Waals surface area (Å²) in [6.07, 6.45) is 2.19. The molecule has 0 radical (unpaired) electrons. The molecule has 0 saturated heterocycles. The average Bonchev–Trinajstić information content (AvgIpc) is 2.26. The molecule has 0 aromatic carbocycles. The fourth-order valence-corrected chi connectivity index (χ4v) is 1.02. The lowest BCUT2D eigenvalue weighted by atomic mass is 10.4. The van der Waals surface area contributed by atoms with Gasteiger partial charge < -0.3 is 10.5 Å². The highest BCUT2D eigenvalue weighted by Crippen LogP contribution is 2.07. The Labute approximate surface area is 81.5 Å². The van der Waals surface area contributed by atoms with Crippen molar-refractivity contribution in [1.29, 1.82) is 0 Å². The molecule has 2 N–H and O–H groups in total. The molecule has 0 spiro atoms. The maximum atomic E-state index is 11.3. The third-order valence-electron chi connectivity index (χ3n) is 1.66. The van der Waals surface area contributed by atoms with Crippen molar-refractivity contribution in [3.8, 4) is 0 Å². The standard InChI is InChI=1S/C9H11N3O2/c10-7-9(14)12(5-6-13)8-3-1-2-4-11-8/h1-4,6H,5,7,10H2. The summed E-state index contributed by atoms with van der Waals surface area (Å²) >= 11 is 0. The van der Waals surface area contributed by atoms with Gasteiger partial charge in [0, 0.05) is 6.20 Å². The Bertz CT molecular complexity index is 313. The van der Waals surface area contributed by atoms with Gasteiger partial charge in [0.1, 0.15) is 12.1 Å². The Kier molecular flexibility index (Phi) is 3.75. The van der Waals surface area contributed by atoms with Crippen LogP contribution in [0.2, 0.25) is 0 Å². The molecule has 0 bridgehead atoms. The zero-order valence-corrected chi connectivity index (χ0v) is 7.59. The van der Waals surface area contributed by atoms with Crippen LogP contribution in [0.4, 0.5) is 5.82 Å². The SMILES string of the molecule is NCC(=O)N(CC=O)c1ccccn1. The highest BCUT2D eigenvalue weighted by molar-refractivity contribution is 5.96. The van der Waals surface area contributed by atoms with Crippen LogP contribution < -0.4 is 10.6 Å². The van der Waals surface area contributed by atoms with E-state index < -0.39 is 0 Å². The van der Waals surface area contributed by atoms with Crippen molar-refractivity contribution >= 4 is 18.0 Å². The van der Waals surface area contributed by atoms with Crippen LogP contribution in [0.15, 0.2) is 24.4 Å². The molecule has 0 unspecified atom stereocenters. The summed E-state index contributed by atoms with van der Waals surface area (Å²) in [4.78, 5) is 26.9. The maximum Gasteiger partial charge on any atom is 0.242 e. The number of carbonyl (C=O) groups is 2. The molecule has 5 nitrogen and oxygen atoms in total. The number of carbonyl (C=O) groups excluding carboxylic acids is 2. The summed E-state index contributed by atoms with van der Waals surface area (Å²) in [6.45, 7) is -0.155. The molecule has 0 aliphatic carbocycles. The van der Waals surface area contributed by atoms with E-state index in [2.05, 4.69) is 4.98 Å². The number of pyridine rings is 1. The third-order valence-corrected chi connectivity index (χ3v) is 1.66. The molecule has 0 fully saturated rings. The smallest absolute Gasteiger partial charge is 0.242 e. The van der Waals surface area contributed by atoms with Gasteiger partial charge in [-0.2, -0.15) is 0 Å². The van der Waals surface area contributed by atoms with Gasteiger partial charge in [0.25, 0.3) is 0 Å². The number of anilines is 1. The lowest BCUT2D eigenvalue weighted by Gasteiger charge is -2.17. The molecule has 0 saturated carbocycles. The summed E-state index contributed by atoms with van der Waals surface area (Å²) in [7, 11) is 0. The average molecular weight is 193 g/mol. The van der Waals surface area contributed by atoms with Crippen LogP contribution in [0.5, 0.6) is 0 Å². The lowest BCUT2D eigenvalue weighted by Crippen LogP contribution is -2.37. The first-order valence-electron chi connectivity index (χ1n) is 4.14. The monoisotopic (exact) mass is 193 g/mol. The van der Waals surface area contributed by atoms with Crippen molar-refractivity contribution in [2.75, 3.05) is 18.0 Å². The minimum Gasteiger partial charge on any atom is -0.322 e. The predicted octanol–water partition coefficient (Wildman–Crippen LogP) is -0.428. The van der Waals surface area contributed by atoms with Gasteiger partial charge >= 0.3 is 0 Å². The summed E-state index contributed by atoms with van der Waals surface area (Å²) < 4.78 is 0. The van der Waals surface area contributed by atoms with Crippen LogP contribution in [0, 0.1) is 0 Å². The Morgan fingerprint density at radius 3 is 2.86 bits per heavy atom. The molecule has 1 amide bonds. The van der Waals surface area contributed by atoms with E-state index in [1.807, 2.05) is 0 Å². The van der Waals surface area contributed by atoms with Crippen LogP contribution in [0.25, 0.3) is 0 Å². The molecule has 0 atom stereocenters. The Morgan fingerprint density at radius 1 is 1.57 bits per heavy atom. The van der Waals surface area contributed by atoms with E-state index >= 15 is 0 Å². The predicted molar refractivity (Wildman–Crippen MR) is 51.7 cm³/mol. The molecule has 1 aromatic rings. The molecule has 14 heavy (non-hydrogen) atoms. The minimum absolute atomic E-state index is 0.0208. The van der Waals surface area contributed by atoms with Gasteiger partial charge in [-0.1, -0.05) is 6.07 Å². The first-order chi connectivity index (χ1) is 6.79. The zero-order chi connectivity index (χ0) is 10.4. The number of nitrogens with two attached hydrogens (primary N) is 1. The van der Waals surface area contributed by atoms with E-state index in [-0.39, 0.29) is 19.0 Å². The van der Waals surface area contributed by atoms with Gasteiger partial charge in [0.05, 0.1) is 13.1 Å². The molecule has 1 rings (SSSR count). The van der Waals surface area contributed by atoms with E-state index in [1.54, 1.807) is 24.4 Å². The van der Waals surface area contributed by atoms with Crippen LogP contribution >= 0.6 is 0 Å². The highest BCUT2D eigenvalue weighted by atomic mass is 16.2. The molecular weight excluding hydrogens is 182 g/mol. The van der Waals surface area contributed by atoms with Gasteiger partial charge in [-0.3, -0.25) is 9.69 Å². The topological polar surface area (TPSA) is 76.3 Å². The minimum atomic E-state index is -0.323. The van der Waals surface area contributed by atoms with Crippen molar-refractivity contribution in [2.24, 2.45) is 5.73 Å². The third kappa shape index (κ3) is 2.37. The Hall–Kier alpha value is -1.75. The Morgan fingerprint density at radius 2 is 2.36 bits per heavy atom. The molecular formula is C9H11N3O2. The van der Waals surface area contributed by atoms with Gasteiger partial charge in [0.2, 0.25) is 5.91 Å². The molecule has 5 heteroatoms. The van der Waals surface area contributed by atoms with Gasteiger partial charge in [-0.05, 0) is 12.1 Å². The second-order valence-electron chi connectivity index (χ2n) is 2.56. The maximum absolute atomic E-state index is 11.3. The number of aldehydes is 1. The van der Waals surface area contributed by atoms with Crippen molar-refractivity contribution in [1.82, 2.24) is 4.98 Å².